The maximum absolute atomic E-state index is 10.3. The maximum atomic E-state index is 10.3. The van der Waals surface area contributed by atoms with Crippen LogP contribution in [0.4, 0.5) is 0 Å². The number of aryl methyl sites for hydroxylation is 1. The second-order valence-corrected chi connectivity index (χ2v) is 4.67. The van der Waals surface area contributed by atoms with Crippen molar-refractivity contribution in [2.45, 2.75) is 32.9 Å². The third-order valence-corrected chi connectivity index (χ3v) is 2.86. The van der Waals surface area contributed by atoms with Crippen LogP contribution in [0.3, 0.4) is 0 Å². The molecule has 92 valence electrons. The number of halogens is 1. The molecule has 2 aromatic rings. The summed E-state index contributed by atoms with van der Waals surface area (Å²) in [5, 5.41) is 14.9. The van der Waals surface area contributed by atoms with Gasteiger partial charge in [0.05, 0.1) is 16.9 Å². The molecule has 0 fully saturated rings. The maximum Gasteiger partial charge on any atom is 0.155 e. The van der Waals surface area contributed by atoms with E-state index < -0.39 is 6.10 Å². The summed E-state index contributed by atoms with van der Waals surface area (Å²) < 4.78 is 7.11. The van der Waals surface area contributed by atoms with Crippen molar-refractivity contribution in [3.05, 3.63) is 40.6 Å². The zero-order chi connectivity index (χ0) is 12.6. The van der Waals surface area contributed by atoms with Crippen LogP contribution < -0.4 is 0 Å². The standard InChI is InChI=1S/C12H15ClN2O2/c1-7(2)15-11(9(13)6-14-15)12(16)10-5-4-8(3)17-10/h4-7,12,16H,1-3H3. The van der Waals surface area contributed by atoms with Gasteiger partial charge in [-0.2, -0.15) is 5.10 Å². The Kier molecular flexibility index (Phi) is 3.26. The number of aliphatic hydroxyl groups excluding tert-OH is 1. The summed E-state index contributed by atoms with van der Waals surface area (Å²) in [7, 11) is 0. The Labute approximate surface area is 105 Å². The molecule has 0 amide bonds. The minimum absolute atomic E-state index is 0.128. The quantitative estimate of drug-likeness (QED) is 0.916. The van der Waals surface area contributed by atoms with Crippen molar-refractivity contribution in [3.8, 4) is 0 Å². The first-order valence-corrected chi connectivity index (χ1v) is 5.85. The van der Waals surface area contributed by atoms with Crippen LogP contribution in [0.25, 0.3) is 0 Å². The Bertz CT molecular complexity index is 516. The number of hydrogen-bond donors (Lipinski definition) is 1. The average Bonchev–Trinajstić information content (AvgIpc) is 2.83. The summed E-state index contributed by atoms with van der Waals surface area (Å²) in [5.74, 6) is 1.23. The molecule has 2 aromatic heterocycles. The predicted octanol–water partition coefficient (Wildman–Crippen LogP) is 3.10. The Balaban J connectivity index is 2.43. The van der Waals surface area contributed by atoms with E-state index in [-0.39, 0.29) is 6.04 Å². The monoisotopic (exact) mass is 254 g/mol. The topological polar surface area (TPSA) is 51.2 Å². The fraction of sp³-hybridized carbons (Fsp3) is 0.417. The van der Waals surface area contributed by atoms with Crippen LogP contribution in [-0.4, -0.2) is 14.9 Å². The van der Waals surface area contributed by atoms with E-state index in [1.807, 2.05) is 26.8 Å². The lowest BCUT2D eigenvalue weighted by molar-refractivity contribution is 0.175. The summed E-state index contributed by atoms with van der Waals surface area (Å²) in [6.45, 7) is 5.79. The SMILES string of the molecule is Cc1ccc(C(O)c2c(Cl)cnn2C(C)C)o1. The van der Waals surface area contributed by atoms with Gasteiger partial charge in [-0.05, 0) is 32.9 Å². The zero-order valence-electron chi connectivity index (χ0n) is 10.0. The van der Waals surface area contributed by atoms with Gasteiger partial charge in [0, 0.05) is 6.04 Å². The molecule has 0 radical (unpaired) electrons. The van der Waals surface area contributed by atoms with Gasteiger partial charge in [0.2, 0.25) is 0 Å². The molecule has 2 rings (SSSR count). The molecule has 1 unspecified atom stereocenters. The first-order valence-electron chi connectivity index (χ1n) is 5.48. The number of nitrogens with zero attached hydrogens (tertiary/aromatic N) is 2. The van der Waals surface area contributed by atoms with E-state index in [4.69, 9.17) is 16.0 Å². The fourth-order valence-electron chi connectivity index (χ4n) is 1.75. The van der Waals surface area contributed by atoms with E-state index in [9.17, 15) is 5.11 Å². The molecule has 0 aromatic carbocycles. The molecular formula is C12H15ClN2O2. The van der Waals surface area contributed by atoms with Crippen molar-refractivity contribution in [3.63, 3.8) is 0 Å². The Morgan fingerprint density at radius 3 is 2.65 bits per heavy atom. The minimum atomic E-state index is -0.888. The van der Waals surface area contributed by atoms with E-state index in [1.54, 1.807) is 10.7 Å². The van der Waals surface area contributed by atoms with E-state index in [2.05, 4.69) is 5.10 Å². The van der Waals surface area contributed by atoms with E-state index in [0.717, 1.165) is 5.76 Å². The molecule has 5 heteroatoms. The van der Waals surface area contributed by atoms with Gasteiger partial charge < -0.3 is 9.52 Å². The molecule has 0 bridgehead atoms. The highest BCUT2D eigenvalue weighted by Crippen LogP contribution is 2.30. The molecule has 0 aliphatic carbocycles. The molecule has 0 aliphatic heterocycles. The van der Waals surface area contributed by atoms with E-state index in [1.165, 1.54) is 6.20 Å². The zero-order valence-corrected chi connectivity index (χ0v) is 10.8. The van der Waals surface area contributed by atoms with Crippen LogP contribution in [0.1, 0.15) is 43.2 Å². The van der Waals surface area contributed by atoms with Crippen LogP contribution in [-0.2, 0) is 0 Å². The van der Waals surface area contributed by atoms with Gasteiger partial charge in [-0.15, -0.1) is 0 Å². The average molecular weight is 255 g/mol. The molecule has 1 N–H and O–H groups in total. The minimum Gasteiger partial charge on any atom is -0.463 e. The number of furan rings is 1. The molecule has 0 aliphatic rings. The van der Waals surface area contributed by atoms with Gasteiger partial charge in [0.1, 0.15) is 11.5 Å². The second kappa shape index (κ2) is 4.55. The van der Waals surface area contributed by atoms with Crippen LogP contribution >= 0.6 is 11.6 Å². The summed E-state index contributed by atoms with van der Waals surface area (Å²) >= 11 is 6.06. The Morgan fingerprint density at radius 1 is 1.41 bits per heavy atom. The highest BCUT2D eigenvalue weighted by Gasteiger charge is 2.23. The molecule has 17 heavy (non-hydrogen) atoms. The Morgan fingerprint density at radius 2 is 2.12 bits per heavy atom. The number of aliphatic hydroxyl groups is 1. The van der Waals surface area contributed by atoms with E-state index in [0.29, 0.717) is 16.5 Å². The molecule has 1 atom stereocenters. The van der Waals surface area contributed by atoms with Crippen LogP contribution in [0.2, 0.25) is 5.02 Å². The number of aromatic nitrogens is 2. The van der Waals surface area contributed by atoms with Gasteiger partial charge in [-0.3, -0.25) is 4.68 Å². The first-order chi connectivity index (χ1) is 8.00. The lowest BCUT2D eigenvalue weighted by Crippen LogP contribution is -2.12. The van der Waals surface area contributed by atoms with Crippen molar-refractivity contribution in [1.29, 1.82) is 0 Å². The predicted molar refractivity (Wildman–Crippen MR) is 65.1 cm³/mol. The smallest absolute Gasteiger partial charge is 0.155 e. The van der Waals surface area contributed by atoms with Crippen LogP contribution in [0.15, 0.2) is 22.7 Å². The van der Waals surface area contributed by atoms with Crippen LogP contribution in [0.5, 0.6) is 0 Å². The molecule has 0 spiro atoms. The third-order valence-electron chi connectivity index (χ3n) is 2.57. The molecular weight excluding hydrogens is 240 g/mol. The third kappa shape index (κ3) is 2.23. The lowest BCUT2D eigenvalue weighted by Gasteiger charge is -2.14. The van der Waals surface area contributed by atoms with Crippen molar-refractivity contribution < 1.29 is 9.52 Å². The lowest BCUT2D eigenvalue weighted by atomic mass is 10.2. The summed E-state index contributed by atoms with van der Waals surface area (Å²) in [6, 6.07) is 3.68. The van der Waals surface area contributed by atoms with Crippen molar-refractivity contribution in [2.24, 2.45) is 0 Å². The second-order valence-electron chi connectivity index (χ2n) is 4.27. The highest BCUT2D eigenvalue weighted by atomic mass is 35.5. The first kappa shape index (κ1) is 12.2. The highest BCUT2D eigenvalue weighted by molar-refractivity contribution is 6.31. The number of rotatable bonds is 3. The fourth-order valence-corrected chi connectivity index (χ4v) is 1.99. The summed E-state index contributed by atoms with van der Waals surface area (Å²) in [6.07, 6.45) is 0.650. The molecule has 4 nitrogen and oxygen atoms in total. The summed E-state index contributed by atoms with van der Waals surface area (Å²) in [5.41, 5.74) is 0.566. The Hall–Kier alpha value is -1.26. The van der Waals surface area contributed by atoms with Crippen molar-refractivity contribution in [2.75, 3.05) is 0 Å². The van der Waals surface area contributed by atoms with Gasteiger partial charge >= 0.3 is 0 Å². The van der Waals surface area contributed by atoms with Gasteiger partial charge in [-0.25, -0.2) is 0 Å². The number of hydrogen-bond acceptors (Lipinski definition) is 3. The molecule has 2 heterocycles. The van der Waals surface area contributed by atoms with Crippen molar-refractivity contribution in [1.82, 2.24) is 9.78 Å². The largest absolute Gasteiger partial charge is 0.463 e. The molecule has 0 saturated heterocycles. The van der Waals surface area contributed by atoms with Gasteiger partial charge in [-0.1, -0.05) is 11.6 Å². The van der Waals surface area contributed by atoms with E-state index >= 15 is 0 Å². The summed E-state index contributed by atoms with van der Waals surface area (Å²) in [4.78, 5) is 0. The van der Waals surface area contributed by atoms with Crippen LogP contribution in [0, 0.1) is 6.92 Å². The molecule has 0 saturated carbocycles. The van der Waals surface area contributed by atoms with Gasteiger partial charge in [0.15, 0.2) is 6.10 Å². The normalized spacial score (nSPS) is 13.3. The van der Waals surface area contributed by atoms with Crippen molar-refractivity contribution >= 4 is 11.6 Å². The van der Waals surface area contributed by atoms with Gasteiger partial charge in [0.25, 0.3) is 0 Å².